The molecule has 0 bridgehead atoms. The van der Waals surface area contributed by atoms with Crippen LogP contribution < -0.4 is 5.32 Å². The normalized spacial score (nSPS) is 18.0. The first-order valence-corrected chi connectivity index (χ1v) is 7.98. The molecule has 122 valence electrons. The Kier molecular flexibility index (Phi) is 3.45. The number of amides is 4. The van der Waals surface area contributed by atoms with Crippen molar-refractivity contribution in [3.8, 4) is 0 Å². The van der Waals surface area contributed by atoms with E-state index in [1.165, 1.54) is 4.90 Å². The number of carbonyl (C=O) groups excluding carboxylic acids is 3. The quantitative estimate of drug-likeness (QED) is 0.861. The van der Waals surface area contributed by atoms with Gasteiger partial charge in [0.1, 0.15) is 0 Å². The van der Waals surface area contributed by atoms with Gasteiger partial charge in [0.05, 0.1) is 19.0 Å². The Morgan fingerprint density at radius 2 is 1.83 bits per heavy atom. The monoisotopic (exact) mass is 323 g/mol. The number of rotatable bonds is 3. The number of imide groups is 1. The molecule has 0 unspecified atom stereocenters. The molecule has 6 nitrogen and oxygen atoms in total. The summed E-state index contributed by atoms with van der Waals surface area (Å²) < 4.78 is 0. The number of fused-ring (bicyclic) bond motifs is 1. The van der Waals surface area contributed by atoms with Crippen LogP contribution >= 0.6 is 0 Å². The number of hydrogen-bond acceptors (Lipinski definition) is 3. The van der Waals surface area contributed by atoms with Crippen LogP contribution in [0.2, 0.25) is 0 Å². The lowest BCUT2D eigenvalue weighted by Crippen LogP contribution is -2.62. The Labute approximate surface area is 139 Å². The van der Waals surface area contributed by atoms with E-state index in [0.29, 0.717) is 19.5 Å². The van der Waals surface area contributed by atoms with E-state index in [2.05, 4.69) is 5.32 Å². The Balaban J connectivity index is 1.43. The molecule has 0 saturated carbocycles. The first kappa shape index (κ1) is 14.7. The Hall–Kier alpha value is -2.89. The van der Waals surface area contributed by atoms with E-state index in [1.807, 2.05) is 42.5 Å². The Morgan fingerprint density at radius 1 is 1.08 bits per heavy atom. The second kappa shape index (κ2) is 5.63. The third-order valence-electron chi connectivity index (χ3n) is 4.68. The highest BCUT2D eigenvalue weighted by Crippen LogP contribution is 2.22. The third kappa shape index (κ3) is 2.40. The predicted octanol–water partition coefficient (Wildman–Crippen LogP) is 1.14. The van der Waals surface area contributed by atoms with Crippen LogP contribution in [0.4, 0.5) is 4.79 Å². The van der Waals surface area contributed by atoms with Gasteiger partial charge in [0.15, 0.2) is 0 Å². The summed E-state index contributed by atoms with van der Waals surface area (Å²) in [7, 11) is 0. The molecule has 2 aliphatic heterocycles. The molecular formula is C18H17N3O3. The highest BCUT2D eigenvalue weighted by molar-refractivity contribution is 6.02. The molecule has 2 fully saturated rings. The van der Waals surface area contributed by atoms with E-state index in [-0.39, 0.29) is 30.4 Å². The van der Waals surface area contributed by atoms with Gasteiger partial charge >= 0.3 is 6.03 Å². The fraction of sp³-hybridized carbons (Fsp3) is 0.278. The van der Waals surface area contributed by atoms with Gasteiger partial charge in [0.2, 0.25) is 11.8 Å². The molecule has 2 heterocycles. The molecule has 0 atom stereocenters. The number of hydrogen-bond donors (Lipinski definition) is 1. The van der Waals surface area contributed by atoms with Crippen LogP contribution in [0.1, 0.15) is 5.56 Å². The fourth-order valence-electron chi connectivity index (χ4n) is 3.35. The largest absolute Gasteiger partial charge is 0.338 e. The van der Waals surface area contributed by atoms with Gasteiger partial charge in [-0.05, 0) is 16.3 Å². The molecule has 0 aliphatic carbocycles. The van der Waals surface area contributed by atoms with Crippen molar-refractivity contribution in [2.24, 2.45) is 0 Å². The summed E-state index contributed by atoms with van der Waals surface area (Å²) in [5, 5.41) is 4.70. The molecule has 2 aromatic rings. The number of likely N-dealkylation sites (tertiary alicyclic amines) is 1. The topological polar surface area (TPSA) is 69.7 Å². The van der Waals surface area contributed by atoms with Crippen LogP contribution in [0.25, 0.3) is 10.8 Å². The first-order valence-electron chi connectivity index (χ1n) is 7.98. The minimum atomic E-state index is -0.355. The van der Waals surface area contributed by atoms with Crippen molar-refractivity contribution in [1.29, 1.82) is 0 Å². The summed E-state index contributed by atoms with van der Waals surface area (Å²) >= 11 is 0. The molecule has 4 rings (SSSR count). The van der Waals surface area contributed by atoms with Gasteiger partial charge in [-0.3, -0.25) is 14.5 Å². The zero-order valence-electron chi connectivity index (χ0n) is 13.1. The number of carbonyl (C=O) groups is 3. The highest BCUT2D eigenvalue weighted by Gasteiger charge is 2.42. The average molecular weight is 323 g/mol. The van der Waals surface area contributed by atoms with Crippen molar-refractivity contribution in [2.45, 2.75) is 12.5 Å². The lowest BCUT2D eigenvalue weighted by molar-refractivity contribution is -0.141. The van der Waals surface area contributed by atoms with Crippen molar-refractivity contribution in [3.05, 3.63) is 48.0 Å². The summed E-state index contributed by atoms with van der Waals surface area (Å²) in [6.07, 6.45) is 0.328. The maximum Gasteiger partial charge on any atom is 0.324 e. The maximum atomic E-state index is 12.5. The second-order valence-electron chi connectivity index (χ2n) is 6.19. The van der Waals surface area contributed by atoms with Crippen LogP contribution in [0.15, 0.2) is 42.5 Å². The average Bonchev–Trinajstić information content (AvgIpc) is 2.86. The van der Waals surface area contributed by atoms with E-state index in [0.717, 1.165) is 16.3 Å². The lowest BCUT2D eigenvalue weighted by atomic mass is 10.00. The smallest absolute Gasteiger partial charge is 0.324 e. The molecule has 0 spiro atoms. The molecule has 4 amide bonds. The summed E-state index contributed by atoms with van der Waals surface area (Å²) in [6.45, 7) is 0.894. The standard InChI is InChI=1S/C18H17N3O3/c22-16(8-13-6-3-5-12-4-1-2-7-15(12)13)20-10-14(11-20)21-17(23)9-19-18(21)24/h1-7,14H,8-11H2,(H,19,24). The second-order valence-corrected chi connectivity index (χ2v) is 6.19. The summed E-state index contributed by atoms with van der Waals surface area (Å²) in [6, 6.07) is 13.4. The molecule has 6 heteroatoms. The zero-order valence-corrected chi connectivity index (χ0v) is 13.1. The molecular weight excluding hydrogens is 306 g/mol. The van der Waals surface area contributed by atoms with E-state index >= 15 is 0 Å². The van der Waals surface area contributed by atoms with Gasteiger partial charge in [-0.15, -0.1) is 0 Å². The van der Waals surface area contributed by atoms with E-state index in [1.54, 1.807) is 4.90 Å². The van der Waals surface area contributed by atoms with Crippen molar-refractivity contribution < 1.29 is 14.4 Å². The number of urea groups is 1. The fourth-order valence-corrected chi connectivity index (χ4v) is 3.35. The van der Waals surface area contributed by atoms with E-state index < -0.39 is 0 Å². The van der Waals surface area contributed by atoms with E-state index in [9.17, 15) is 14.4 Å². The molecule has 2 aliphatic rings. The molecule has 2 saturated heterocycles. The number of nitrogens with one attached hydrogen (secondary N) is 1. The molecule has 1 N–H and O–H groups in total. The molecule has 0 aromatic heterocycles. The molecule has 2 aromatic carbocycles. The van der Waals surface area contributed by atoms with Crippen LogP contribution in [-0.4, -0.2) is 53.3 Å². The Bertz CT molecular complexity index is 821. The molecule has 24 heavy (non-hydrogen) atoms. The molecule has 0 radical (unpaired) electrons. The minimum Gasteiger partial charge on any atom is -0.338 e. The van der Waals surface area contributed by atoms with Gasteiger partial charge < -0.3 is 10.2 Å². The van der Waals surface area contributed by atoms with Crippen LogP contribution in [-0.2, 0) is 16.0 Å². The third-order valence-corrected chi connectivity index (χ3v) is 4.68. The van der Waals surface area contributed by atoms with Gasteiger partial charge in [-0.1, -0.05) is 42.5 Å². The summed E-state index contributed by atoms with van der Waals surface area (Å²) in [5.74, 6) is -0.194. The highest BCUT2D eigenvalue weighted by atomic mass is 16.2. The first-order chi connectivity index (χ1) is 11.6. The van der Waals surface area contributed by atoms with Crippen molar-refractivity contribution in [3.63, 3.8) is 0 Å². The van der Waals surface area contributed by atoms with Gasteiger partial charge in [0, 0.05) is 13.1 Å². The van der Waals surface area contributed by atoms with Crippen molar-refractivity contribution in [2.75, 3.05) is 19.6 Å². The van der Waals surface area contributed by atoms with Gasteiger partial charge in [-0.2, -0.15) is 0 Å². The van der Waals surface area contributed by atoms with Crippen molar-refractivity contribution >= 4 is 28.6 Å². The van der Waals surface area contributed by atoms with Crippen molar-refractivity contribution in [1.82, 2.24) is 15.1 Å². The SMILES string of the molecule is O=C(Cc1cccc2ccccc12)N1CC(N2C(=O)CNC2=O)C1. The van der Waals surface area contributed by atoms with E-state index in [4.69, 9.17) is 0 Å². The number of nitrogens with zero attached hydrogens (tertiary/aromatic N) is 2. The van der Waals surface area contributed by atoms with Crippen LogP contribution in [0.3, 0.4) is 0 Å². The summed E-state index contributed by atoms with van der Waals surface area (Å²) in [5.41, 5.74) is 0.997. The van der Waals surface area contributed by atoms with Gasteiger partial charge in [-0.25, -0.2) is 4.79 Å². The van der Waals surface area contributed by atoms with Gasteiger partial charge in [0.25, 0.3) is 0 Å². The maximum absolute atomic E-state index is 12.5. The minimum absolute atomic E-state index is 0.0228. The van der Waals surface area contributed by atoms with Crippen LogP contribution in [0.5, 0.6) is 0 Å². The summed E-state index contributed by atoms with van der Waals surface area (Å²) in [4.78, 5) is 38.7. The zero-order chi connectivity index (χ0) is 16.7. The predicted molar refractivity (Wildman–Crippen MR) is 88.3 cm³/mol. The lowest BCUT2D eigenvalue weighted by Gasteiger charge is -2.42. The number of benzene rings is 2. The van der Waals surface area contributed by atoms with Crippen LogP contribution in [0, 0.1) is 0 Å². The Morgan fingerprint density at radius 3 is 2.58 bits per heavy atom.